The number of amides is 1. The number of ether oxygens (including phenoxy) is 1. The summed E-state index contributed by atoms with van der Waals surface area (Å²) in [6.07, 6.45) is 2.85. The molecule has 6 nitrogen and oxygen atoms in total. The van der Waals surface area contributed by atoms with E-state index in [4.69, 9.17) is 4.74 Å². The van der Waals surface area contributed by atoms with Crippen LogP contribution in [0, 0.1) is 0 Å². The highest BCUT2D eigenvalue weighted by Gasteiger charge is 2.18. The number of nitrogens with one attached hydrogen (secondary N) is 1. The summed E-state index contributed by atoms with van der Waals surface area (Å²) in [5, 5.41) is 0. The number of imidazole rings is 1. The van der Waals surface area contributed by atoms with Crippen molar-refractivity contribution in [3.63, 3.8) is 0 Å². The maximum atomic E-state index is 12.6. The van der Waals surface area contributed by atoms with Crippen LogP contribution in [0.5, 0.6) is 5.88 Å². The van der Waals surface area contributed by atoms with Gasteiger partial charge in [0, 0.05) is 25.1 Å². The number of aromatic nitrogens is 3. The van der Waals surface area contributed by atoms with Crippen molar-refractivity contribution in [2.24, 2.45) is 0 Å². The third-order valence-electron chi connectivity index (χ3n) is 4.33. The first kappa shape index (κ1) is 16.9. The number of nitrogens with zero attached hydrogens (tertiary/aromatic N) is 3. The zero-order valence-corrected chi connectivity index (χ0v) is 15.3. The molecule has 0 radical (unpaired) electrons. The number of pyridine rings is 1. The van der Waals surface area contributed by atoms with E-state index in [9.17, 15) is 4.79 Å². The quantitative estimate of drug-likeness (QED) is 0.749. The number of hydrogen-bond acceptors (Lipinski definition) is 5. The summed E-state index contributed by atoms with van der Waals surface area (Å²) < 4.78 is 5.83. The van der Waals surface area contributed by atoms with Crippen molar-refractivity contribution in [3.05, 3.63) is 54.0 Å². The Labute approximate surface area is 156 Å². The normalized spacial score (nSPS) is 16.7. The third-order valence-corrected chi connectivity index (χ3v) is 5.46. The summed E-state index contributed by atoms with van der Waals surface area (Å²) in [6, 6.07) is 11.4. The fourth-order valence-electron chi connectivity index (χ4n) is 2.95. The lowest BCUT2D eigenvalue weighted by Crippen LogP contribution is -2.26. The Morgan fingerprint density at radius 3 is 2.96 bits per heavy atom. The van der Waals surface area contributed by atoms with Gasteiger partial charge in [-0.25, -0.2) is 9.97 Å². The van der Waals surface area contributed by atoms with Gasteiger partial charge in [-0.1, -0.05) is 12.1 Å². The first-order valence-corrected chi connectivity index (χ1v) is 9.74. The number of hydrogen-bond donors (Lipinski definition) is 1. The van der Waals surface area contributed by atoms with Crippen LogP contribution in [0.2, 0.25) is 0 Å². The molecule has 1 atom stereocenters. The molecule has 134 valence electrons. The summed E-state index contributed by atoms with van der Waals surface area (Å²) in [4.78, 5) is 26.3. The van der Waals surface area contributed by atoms with E-state index in [0.29, 0.717) is 18.0 Å². The Morgan fingerprint density at radius 2 is 2.23 bits per heavy atom. The summed E-state index contributed by atoms with van der Waals surface area (Å²) in [6.45, 7) is 0.408. The van der Waals surface area contributed by atoms with Gasteiger partial charge in [-0.05, 0) is 30.4 Å². The van der Waals surface area contributed by atoms with Crippen molar-refractivity contribution < 1.29 is 9.53 Å². The van der Waals surface area contributed by atoms with Gasteiger partial charge in [0.15, 0.2) is 0 Å². The van der Waals surface area contributed by atoms with Crippen LogP contribution in [0.15, 0.2) is 42.6 Å². The fraction of sp³-hybridized carbons (Fsp3) is 0.316. The highest BCUT2D eigenvalue weighted by atomic mass is 32.2. The van der Waals surface area contributed by atoms with E-state index in [1.54, 1.807) is 30.3 Å². The molecule has 0 unspecified atom stereocenters. The van der Waals surface area contributed by atoms with Crippen LogP contribution in [0.1, 0.15) is 22.6 Å². The lowest BCUT2D eigenvalue weighted by atomic mass is 10.2. The van der Waals surface area contributed by atoms with Gasteiger partial charge in [0.05, 0.1) is 23.1 Å². The van der Waals surface area contributed by atoms with Crippen LogP contribution in [-0.4, -0.2) is 50.4 Å². The molecule has 1 N–H and O–H groups in total. The van der Waals surface area contributed by atoms with Gasteiger partial charge in [0.1, 0.15) is 11.9 Å². The first-order chi connectivity index (χ1) is 12.7. The number of para-hydroxylation sites is 2. The van der Waals surface area contributed by atoms with Crippen LogP contribution < -0.4 is 4.74 Å². The zero-order chi connectivity index (χ0) is 17.9. The summed E-state index contributed by atoms with van der Waals surface area (Å²) >= 11 is 1.89. The monoisotopic (exact) mass is 368 g/mol. The minimum absolute atomic E-state index is 0.0964. The molecule has 1 aliphatic heterocycles. The van der Waals surface area contributed by atoms with Crippen molar-refractivity contribution in [2.45, 2.75) is 19.1 Å². The number of H-pyrrole nitrogens is 1. The van der Waals surface area contributed by atoms with Gasteiger partial charge in [0.2, 0.25) is 5.88 Å². The van der Waals surface area contributed by atoms with Crippen LogP contribution in [-0.2, 0) is 6.54 Å². The van der Waals surface area contributed by atoms with Crippen molar-refractivity contribution in [3.8, 4) is 5.88 Å². The second-order valence-electron chi connectivity index (χ2n) is 6.35. The minimum atomic E-state index is -0.0964. The average Bonchev–Trinajstić information content (AvgIpc) is 3.30. The molecule has 1 aliphatic rings. The van der Waals surface area contributed by atoms with E-state index in [1.807, 2.05) is 36.0 Å². The predicted molar refractivity (Wildman–Crippen MR) is 102 cm³/mol. The molecule has 7 heteroatoms. The number of aromatic amines is 1. The van der Waals surface area contributed by atoms with Gasteiger partial charge in [0.25, 0.3) is 5.91 Å². The zero-order valence-electron chi connectivity index (χ0n) is 14.5. The molecule has 1 fully saturated rings. The minimum Gasteiger partial charge on any atom is -0.473 e. The lowest BCUT2D eigenvalue weighted by Gasteiger charge is -2.16. The molecule has 4 rings (SSSR count). The molecule has 0 aliphatic carbocycles. The number of carbonyl (C=O) groups excluding carboxylic acids is 1. The van der Waals surface area contributed by atoms with E-state index in [-0.39, 0.29) is 12.0 Å². The molecule has 26 heavy (non-hydrogen) atoms. The second-order valence-corrected chi connectivity index (χ2v) is 7.50. The van der Waals surface area contributed by atoms with Crippen molar-refractivity contribution in [1.29, 1.82) is 0 Å². The van der Waals surface area contributed by atoms with Gasteiger partial charge in [-0.15, -0.1) is 0 Å². The predicted octanol–water partition coefficient (Wildman–Crippen LogP) is 3.11. The third kappa shape index (κ3) is 3.67. The Bertz CT molecular complexity index is 870. The fourth-order valence-corrected chi connectivity index (χ4v) is 4.04. The number of carbonyl (C=O) groups is 1. The van der Waals surface area contributed by atoms with Crippen LogP contribution >= 0.6 is 11.8 Å². The number of rotatable bonds is 5. The van der Waals surface area contributed by atoms with Gasteiger partial charge >= 0.3 is 0 Å². The van der Waals surface area contributed by atoms with E-state index in [1.165, 1.54) is 0 Å². The Kier molecular flexibility index (Phi) is 4.79. The topological polar surface area (TPSA) is 71.1 Å². The van der Waals surface area contributed by atoms with Crippen LogP contribution in [0.25, 0.3) is 11.0 Å². The molecule has 0 spiro atoms. The average molecular weight is 368 g/mol. The van der Waals surface area contributed by atoms with Crippen molar-refractivity contribution in [1.82, 2.24) is 19.9 Å². The first-order valence-electron chi connectivity index (χ1n) is 8.58. The van der Waals surface area contributed by atoms with Crippen molar-refractivity contribution in [2.75, 3.05) is 18.6 Å². The van der Waals surface area contributed by atoms with E-state index < -0.39 is 0 Å². The summed E-state index contributed by atoms with van der Waals surface area (Å²) in [7, 11) is 1.76. The van der Waals surface area contributed by atoms with E-state index in [2.05, 4.69) is 15.0 Å². The highest BCUT2D eigenvalue weighted by molar-refractivity contribution is 7.99. The molecule has 2 aromatic heterocycles. The lowest BCUT2D eigenvalue weighted by molar-refractivity contribution is 0.0781. The Balaban J connectivity index is 1.40. The van der Waals surface area contributed by atoms with E-state index >= 15 is 0 Å². The molecule has 1 amide bonds. The van der Waals surface area contributed by atoms with Gasteiger partial charge in [-0.3, -0.25) is 4.79 Å². The summed E-state index contributed by atoms with van der Waals surface area (Å²) in [5.74, 6) is 3.37. The smallest absolute Gasteiger partial charge is 0.255 e. The van der Waals surface area contributed by atoms with E-state index in [0.717, 1.165) is 34.8 Å². The summed E-state index contributed by atoms with van der Waals surface area (Å²) in [5.41, 5.74) is 2.41. The second kappa shape index (κ2) is 7.37. The molecule has 1 aromatic carbocycles. The molecule has 3 heterocycles. The van der Waals surface area contributed by atoms with Crippen LogP contribution in [0.3, 0.4) is 0 Å². The number of thioether (sulfide) groups is 1. The van der Waals surface area contributed by atoms with Gasteiger partial charge < -0.3 is 14.6 Å². The van der Waals surface area contributed by atoms with Gasteiger partial charge in [-0.2, -0.15) is 11.8 Å². The molecule has 0 bridgehead atoms. The SMILES string of the molecule is CN(Cc1nc2ccccc2[nH]1)C(=O)c1ccc(O[C@@H]2CCSC2)nc1. The molecule has 3 aromatic rings. The molecule has 1 saturated heterocycles. The Hall–Kier alpha value is -2.54. The standard InChI is InChI=1S/C19H20N4O2S/c1-23(11-17-21-15-4-2-3-5-16(15)22-17)19(24)13-6-7-18(20-10-13)25-14-8-9-26-12-14/h2-7,10,14H,8-9,11-12H2,1H3,(H,21,22)/t14-/m1/s1. The number of fused-ring (bicyclic) bond motifs is 1. The number of benzene rings is 1. The van der Waals surface area contributed by atoms with Crippen LogP contribution in [0.4, 0.5) is 0 Å². The molecular formula is C19H20N4O2S. The highest BCUT2D eigenvalue weighted by Crippen LogP contribution is 2.22. The van der Waals surface area contributed by atoms with Crippen molar-refractivity contribution >= 4 is 28.7 Å². The maximum absolute atomic E-state index is 12.6. The largest absolute Gasteiger partial charge is 0.473 e. The molecular weight excluding hydrogens is 348 g/mol. The maximum Gasteiger partial charge on any atom is 0.255 e. The Morgan fingerprint density at radius 1 is 1.35 bits per heavy atom. The molecule has 0 saturated carbocycles.